The fraction of sp³-hybridized carbons (Fsp3) is 0.158. The zero-order chi connectivity index (χ0) is 14.2. The first-order valence-electron chi connectivity index (χ1n) is 6.88. The third-order valence-corrected chi connectivity index (χ3v) is 3.35. The van der Waals surface area contributed by atoms with Gasteiger partial charge in [0.2, 0.25) is 0 Å². The van der Waals surface area contributed by atoms with E-state index >= 15 is 0 Å². The average molecular weight is 264 g/mol. The van der Waals surface area contributed by atoms with Crippen LogP contribution in [-0.2, 0) is 0 Å². The zero-order valence-electron chi connectivity index (χ0n) is 11.5. The Labute approximate surface area is 120 Å². The molecule has 0 saturated carbocycles. The van der Waals surface area contributed by atoms with Crippen LogP contribution in [0.2, 0.25) is 0 Å². The van der Waals surface area contributed by atoms with Crippen LogP contribution in [0.1, 0.15) is 23.5 Å². The van der Waals surface area contributed by atoms with Crippen molar-refractivity contribution in [1.82, 2.24) is 0 Å². The van der Waals surface area contributed by atoms with Gasteiger partial charge < -0.3 is 5.11 Å². The number of allylic oxidation sites excluding steroid dienone is 1. The van der Waals surface area contributed by atoms with Gasteiger partial charge in [0, 0.05) is 5.92 Å². The molecule has 1 nitrogen and oxygen atoms in total. The highest BCUT2D eigenvalue weighted by Crippen LogP contribution is 2.25. The molecule has 2 aromatic rings. The smallest absolute Gasteiger partial charge is 0.0795 e. The molecule has 2 aromatic carbocycles. The van der Waals surface area contributed by atoms with E-state index in [9.17, 15) is 5.11 Å². The largest absolute Gasteiger partial charge is 0.388 e. The van der Waals surface area contributed by atoms with Crippen molar-refractivity contribution in [1.29, 1.82) is 0 Å². The highest BCUT2D eigenvalue weighted by Gasteiger charge is 2.17. The summed E-state index contributed by atoms with van der Waals surface area (Å²) in [5, 5.41) is 10.4. The lowest BCUT2D eigenvalue weighted by molar-refractivity contribution is 0.191. The molecule has 0 aliphatic heterocycles. The summed E-state index contributed by atoms with van der Waals surface area (Å²) in [5.74, 6) is 0.0497. The van der Waals surface area contributed by atoms with Gasteiger partial charge in [-0.2, -0.15) is 0 Å². The van der Waals surface area contributed by atoms with Gasteiger partial charge in [-0.05, 0) is 17.5 Å². The summed E-state index contributed by atoms with van der Waals surface area (Å²) >= 11 is 0. The second-order valence-electron chi connectivity index (χ2n) is 4.80. The molecule has 0 amide bonds. The van der Waals surface area contributed by atoms with Crippen molar-refractivity contribution in [2.24, 2.45) is 0 Å². The Morgan fingerprint density at radius 3 is 2.15 bits per heavy atom. The van der Waals surface area contributed by atoms with Crippen LogP contribution in [0.4, 0.5) is 0 Å². The van der Waals surface area contributed by atoms with E-state index < -0.39 is 6.10 Å². The Kier molecular flexibility index (Phi) is 5.33. The molecule has 0 spiro atoms. The van der Waals surface area contributed by atoms with E-state index in [2.05, 4.69) is 6.58 Å². The normalized spacial score (nSPS) is 14.1. The molecule has 1 heteroatoms. The number of hydrogen-bond donors (Lipinski definition) is 1. The molecule has 0 heterocycles. The van der Waals surface area contributed by atoms with Crippen molar-refractivity contribution in [3.63, 3.8) is 0 Å². The van der Waals surface area contributed by atoms with Crippen molar-refractivity contribution < 1.29 is 5.11 Å². The molecule has 2 unspecified atom stereocenters. The van der Waals surface area contributed by atoms with Crippen LogP contribution < -0.4 is 0 Å². The number of aliphatic hydroxyl groups is 1. The Morgan fingerprint density at radius 1 is 0.950 bits per heavy atom. The Bertz CT molecular complexity index is 542. The standard InChI is InChI=1S/C19H20O/c1-2-9-18(17-12-7-4-8-13-17)19(20)15-14-16-10-5-3-6-11-16/h2-8,10-15,18-20H,1,9H2/b15-14+. The van der Waals surface area contributed by atoms with Crippen molar-refractivity contribution in [2.45, 2.75) is 18.4 Å². The van der Waals surface area contributed by atoms with Gasteiger partial charge in [0.1, 0.15) is 0 Å². The Balaban J connectivity index is 2.13. The van der Waals surface area contributed by atoms with Gasteiger partial charge in [0.25, 0.3) is 0 Å². The van der Waals surface area contributed by atoms with Crippen LogP contribution in [0, 0.1) is 0 Å². The topological polar surface area (TPSA) is 20.2 Å². The SMILES string of the molecule is C=CCC(c1ccccc1)C(O)/C=C/c1ccccc1. The predicted molar refractivity (Wildman–Crippen MR) is 85.5 cm³/mol. The van der Waals surface area contributed by atoms with Gasteiger partial charge in [-0.3, -0.25) is 0 Å². The first-order valence-corrected chi connectivity index (χ1v) is 6.88. The van der Waals surface area contributed by atoms with E-state index in [-0.39, 0.29) is 5.92 Å². The molecule has 0 bridgehead atoms. The van der Waals surface area contributed by atoms with Crippen LogP contribution in [0.5, 0.6) is 0 Å². The molecular formula is C19H20O. The minimum absolute atomic E-state index is 0.0497. The van der Waals surface area contributed by atoms with Crippen LogP contribution in [0.3, 0.4) is 0 Å². The van der Waals surface area contributed by atoms with E-state index in [4.69, 9.17) is 0 Å². The van der Waals surface area contributed by atoms with E-state index in [1.54, 1.807) is 0 Å². The second kappa shape index (κ2) is 7.46. The molecule has 0 aromatic heterocycles. The molecule has 2 atom stereocenters. The lowest BCUT2D eigenvalue weighted by Gasteiger charge is -2.19. The number of benzene rings is 2. The van der Waals surface area contributed by atoms with Crippen molar-refractivity contribution in [3.05, 3.63) is 90.5 Å². The fourth-order valence-corrected chi connectivity index (χ4v) is 2.26. The van der Waals surface area contributed by atoms with Crippen LogP contribution in [0.15, 0.2) is 79.4 Å². The Hall–Kier alpha value is -2.12. The maximum Gasteiger partial charge on any atom is 0.0795 e. The lowest BCUT2D eigenvalue weighted by Crippen LogP contribution is -2.15. The second-order valence-corrected chi connectivity index (χ2v) is 4.80. The van der Waals surface area contributed by atoms with E-state index in [0.717, 1.165) is 17.5 Å². The summed E-state index contributed by atoms with van der Waals surface area (Å²) in [4.78, 5) is 0. The number of rotatable bonds is 6. The fourth-order valence-electron chi connectivity index (χ4n) is 2.26. The molecule has 0 fully saturated rings. The molecule has 2 rings (SSSR count). The first kappa shape index (κ1) is 14.3. The number of hydrogen-bond acceptors (Lipinski definition) is 1. The molecule has 1 N–H and O–H groups in total. The van der Waals surface area contributed by atoms with Gasteiger partial charge in [0.15, 0.2) is 0 Å². The average Bonchev–Trinajstić information content (AvgIpc) is 2.52. The van der Waals surface area contributed by atoms with Crippen LogP contribution in [0.25, 0.3) is 6.08 Å². The molecule has 0 aliphatic carbocycles. The molecular weight excluding hydrogens is 244 g/mol. The highest BCUT2D eigenvalue weighted by molar-refractivity contribution is 5.49. The monoisotopic (exact) mass is 264 g/mol. The summed E-state index contributed by atoms with van der Waals surface area (Å²) < 4.78 is 0. The highest BCUT2D eigenvalue weighted by atomic mass is 16.3. The maximum absolute atomic E-state index is 10.4. The van der Waals surface area contributed by atoms with E-state index in [1.165, 1.54) is 0 Å². The quantitative estimate of drug-likeness (QED) is 0.766. The van der Waals surface area contributed by atoms with Crippen molar-refractivity contribution in [2.75, 3.05) is 0 Å². The molecule has 0 aliphatic rings. The van der Waals surface area contributed by atoms with Gasteiger partial charge in [-0.1, -0.05) is 78.9 Å². The lowest BCUT2D eigenvalue weighted by atomic mass is 9.90. The number of aliphatic hydroxyl groups excluding tert-OH is 1. The summed E-state index contributed by atoms with van der Waals surface area (Å²) in [6.45, 7) is 3.79. The van der Waals surface area contributed by atoms with Gasteiger partial charge in [0.05, 0.1) is 6.10 Å². The molecule has 0 saturated heterocycles. The van der Waals surface area contributed by atoms with Gasteiger partial charge in [-0.25, -0.2) is 0 Å². The van der Waals surface area contributed by atoms with Gasteiger partial charge in [-0.15, -0.1) is 6.58 Å². The van der Waals surface area contributed by atoms with Crippen LogP contribution >= 0.6 is 0 Å². The third kappa shape index (κ3) is 3.94. The summed E-state index contributed by atoms with van der Waals surface area (Å²) in [5.41, 5.74) is 2.23. The van der Waals surface area contributed by atoms with E-state index in [1.807, 2.05) is 78.9 Å². The maximum atomic E-state index is 10.4. The van der Waals surface area contributed by atoms with Gasteiger partial charge >= 0.3 is 0 Å². The molecule has 102 valence electrons. The summed E-state index contributed by atoms with van der Waals surface area (Å²) in [6.07, 6.45) is 5.91. The van der Waals surface area contributed by atoms with Crippen molar-refractivity contribution >= 4 is 6.08 Å². The van der Waals surface area contributed by atoms with Crippen molar-refractivity contribution in [3.8, 4) is 0 Å². The van der Waals surface area contributed by atoms with E-state index in [0.29, 0.717) is 0 Å². The first-order chi connectivity index (χ1) is 9.81. The van der Waals surface area contributed by atoms with Crippen LogP contribution in [-0.4, -0.2) is 11.2 Å². The minimum Gasteiger partial charge on any atom is -0.388 e. The third-order valence-electron chi connectivity index (χ3n) is 3.35. The summed E-state index contributed by atoms with van der Waals surface area (Å²) in [7, 11) is 0. The summed E-state index contributed by atoms with van der Waals surface area (Å²) in [6, 6.07) is 20.1. The molecule has 20 heavy (non-hydrogen) atoms. The zero-order valence-corrected chi connectivity index (χ0v) is 11.5. The predicted octanol–water partition coefficient (Wildman–Crippen LogP) is 4.42. The Morgan fingerprint density at radius 2 is 1.55 bits per heavy atom. The molecule has 0 radical (unpaired) electrons. The minimum atomic E-state index is -0.518.